The third kappa shape index (κ3) is 2.93. The second kappa shape index (κ2) is 4.82. The van der Waals surface area contributed by atoms with E-state index in [0.29, 0.717) is 11.6 Å². The second-order valence-electron chi connectivity index (χ2n) is 4.00. The number of hydrogen-bond acceptors (Lipinski definition) is 3. The molecular weight excluding hydrogens is 218 g/mol. The van der Waals surface area contributed by atoms with Gasteiger partial charge < -0.3 is 10.4 Å². The summed E-state index contributed by atoms with van der Waals surface area (Å²) in [4.78, 5) is 22.9. The van der Waals surface area contributed by atoms with E-state index in [1.54, 1.807) is 30.3 Å². The first-order valence-corrected chi connectivity index (χ1v) is 5.48. The third-order valence-electron chi connectivity index (χ3n) is 2.55. The van der Waals surface area contributed by atoms with Gasteiger partial charge >= 0.3 is 5.97 Å². The van der Waals surface area contributed by atoms with Gasteiger partial charge in [0.05, 0.1) is 0 Å². The van der Waals surface area contributed by atoms with Crippen LogP contribution in [0.4, 0.5) is 0 Å². The number of hydrogen-bond donors (Lipinski definition) is 2. The molecule has 0 atom stereocenters. The minimum atomic E-state index is -1.20. The molecule has 17 heavy (non-hydrogen) atoms. The Morgan fingerprint density at radius 2 is 1.88 bits per heavy atom. The van der Waals surface area contributed by atoms with Crippen LogP contribution in [0.3, 0.4) is 0 Å². The smallest absolute Gasteiger partial charge is 0.341 e. The van der Waals surface area contributed by atoms with Crippen molar-refractivity contribution in [3.63, 3.8) is 0 Å². The van der Waals surface area contributed by atoms with E-state index in [0.717, 1.165) is 12.8 Å². The van der Waals surface area contributed by atoms with Gasteiger partial charge in [0.2, 0.25) is 5.78 Å². The van der Waals surface area contributed by atoms with E-state index in [4.69, 9.17) is 5.11 Å². The number of benzene rings is 1. The number of ketones is 1. The predicted molar refractivity (Wildman–Crippen MR) is 62.6 cm³/mol. The first-order valence-electron chi connectivity index (χ1n) is 5.48. The molecule has 1 fully saturated rings. The quantitative estimate of drug-likeness (QED) is 0.349. The molecule has 0 heterocycles. The Bertz CT molecular complexity index is 461. The molecule has 0 aromatic heterocycles. The number of rotatable bonds is 5. The van der Waals surface area contributed by atoms with Gasteiger partial charge in [0.1, 0.15) is 5.57 Å². The number of carbonyl (C=O) groups excluding carboxylic acids is 1. The number of nitrogens with one attached hydrogen (secondary N) is 1. The molecule has 0 unspecified atom stereocenters. The summed E-state index contributed by atoms with van der Waals surface area (Å²) in [6.07, 6.45) is 3.38. The van der Waals surface area contributed by atoms with Gasteiger partial charge in [-0.15, -0.1) is 0 Å². The maximum Gasteiger partial charge on any atom is 0.341 e. The van der Waals surface area contributed by atoms with Gasteiger partial charge in [0.15, 0.2) is 0 Å². The summed E-state index contributed by atoms with van der Waals surface area (Å²) in [7, 11) is 0. The lowest BCUT2D eigenvalue weighted by atomic mass is 10.0. The van der Waals surface area contributed by atoms with Gasteiger partial charge in [-0.05, 0) is 12.8 Å². The summed E-state index contributed by atoms with van der Waals surface area (Å²) in [5.74, 6) is -1.67. The van der Waals surface area contributed by atoms with Crippen LogP contribution in [0.25, 0.3) is 0 Å². The van der Waals surface area contributed by atoms with E-state index in [1.807, 2.05) is 0 Å². The Hall–Kier alpha value is -2.10. The van der Waals surface area contributed by atoms with Gasteiger partial charge in [-0.1, -0.05) is 30.3 Å². The highest BCUT2D eigenvalue weighted by Gasteiger charge is 2.23. The monoisotopic (exact) mass is 231 g/mol. The standard InChI is InChI=1S/C13H13NO3/c15-12(9-4-2-1-3-5-9)11(13(16)17)8-14-10-6-7-10/h1-5,8,10,14H,6-7H2,(H,16,17)/b11-8+. The number of carboxylic acids is 1. The van der Waals surface area contributed by atoms with Crippen LogP contribution < -0.4 is 5.32 Å². The third-order valence-corrected chi connectivity index (χ3v) is 2.55. The molecule has 0 radical (unpaired) electrons. The van der Waals surface area contributed by atoms with Crippen LogP contribution in [0.1, 0.15) is 23.2 Å². The fraction of sp³-hybridized carbons (Fsp3) is 0.231. The van der Waals surface area contributed by atoms with Crippen molar-refractivity contribution in [2.75, 3.05) is 0 Å². The molecule has 4 heteroatoms. The summed E-state index contributed by atoms with van der Waals surface area (Å²) in [5, 5.41) is 11.9. The van der Waals surface area contributed by atoms with E-state index in [1.165, 1.54) is 6.20 Å². The van der Waals surface area contributed by atoms with Gasteiger partial charge in [0, 0.05) is 17.8 Å². The molecule has 0 saturated heterocycles. The SMILES string of the molecule is O=C(O)/C(=C/NC1CC1)C(=O)c1ccccc1. The molecule has 1 aromatic carbocycles. The van der Waals surface area contributed by atoms with Crippen LogP contribution in [-0.2, 0) is 4.79 Å². The highest BCUT2D eigenvalue weighted by Crippen LogP contribution is 2.19. The maximum absolute atomic E-state index is 11.9. The van der Waals surface area contributed by atoms with Crippen LogP contribution in [0.2, 0.25) is 0 Å². The van der Waals surface area contributed by atoms with Gasteiger partial charge in [-0.3, -0.25) is 4.79 Å². The summed E-state index contributed by atoms with van der Waals surface area (Å²) in [6, 6.07) is 8.74. The first kappa shape index (κ1) is 11.4. The van der Waals surface area contributed by atoms with E-state index < -0.39 is 11.8 Å². The van der Waals surface area contributed by atoms with Crippen molar-refractivity contribution < 1.29 is 14.7 Å². The first-order chi connectivity index (χ1) is 8.18. The molecule has 0 bridgehead atoms. The minimum absolute atomic E-state index is 0.219. The second-order valence-corrected chi connectivity index (χ2v) is 4.00. The molecule has 4 nitrogen and oxygen atoms in total. The van der Waals surface area contributed by atoms with E-state index in [9.17, 15) is 9.59 Å². The average molecular weight is 231 g/mol. The summed E-state index contributed by atoms with van der Waals surface area (Å²) < 4.78 is 0. The number of carboxylic acid groups (broad SMARTS) is 1. The molecule has 0 amide bonds. The topological polar surface area (TPSA) is 66.4 Å². The lowest BCUT2D eigenvalue weighted by molar-refractivity contribution is -0.132. The summed E-state index contributed by atoms with van der Waals surface area (Å²) >= 11 is 0. The Kier molecular flexibility index (Phi) is 3.23. The lowest BCUT2D eigenvalue weighted by Crippen LogP contribution is -2.18. The molecule has 0 spiro atoms. The van der Waals surface area contributed by atoms with Crippen molar-refractivity contribution in [3.8, 4) is 0 Å². The van der Waals surface area contributed by atoms with Gasteiger partial charge in [-0.2, -0.15) is 0 Å². The van der Waals surface area contributed by atoms with E-state index in [2.05, 4.69) is 5.32 Å². The molecule has 1 aromatic rings. The minimum Gasteiger partial charge on any atom is -0.477 e. The van der Waals surface area contributed by atoms with Gasteiger partial charge in [-0.25, -0.2) is 4.79 Å². The van der Waals surface area contributed by atoms with Crippen LogP contribution in [0, 0.1) is 0 Å². The number of Topliss-reactive ketones (excluding diaryl/α,β-unsaturated/α-hetero) is 1. The van der Waals surface area contributed by atoms with Crippen molar-refractivity contribution in [1.82, 2.24) is 5.32 Å². The lowest BCUT2D eigenvalue weighted by Gasteiger charge is -2.03. The fourth-order valence-corrected chi connectivity index (χ4v) is 1.42. The molecule has 0 aliphatic heterocycles. The maximum atomic E-state index is 11.9. The Morgan fingerprint density at radius 3 is 2.41 bits per heavy atom. The molecule has 2 rings (SSSR count). The average Bonchev–Trinajstić information content (AvgIpc) is 3.14. The fourth-order valence-electron chi connectivity index (χ4n) is 1.42. The van der Waals surface area contributed by atoms with Crippen molar-refractivity contribution in [3.05, 3.63) is 47.7 Å². The van der Waals surface area contributed by atoms with E-state index in [-0.39, 0.29) is 5.57 Å². The summed E-state index contributed by atoms with van der Waals surface area (Å²) in [6.45, 7) is 0. The molecule has 88 valence electrons. The van der Waals surface area contributed by atoms with Gasteiger partial charge in [0.25, 0.3) is 0 Å². The number of aliphatic carboxylic acids is 1. The zero-order valence-electron chi connectivity index (χ0n) is 9.22. The molecule has 2 N–H and O–H groups in total. The van der Waals surface area contributed by atoms with Crippen molar-refractivity contribution >= 4 is 11.8 Å². The predicted octanol–water partition coefficient (Wildman–Crippen LogP) is 1.59. The van der Waals surface area contributed by atoms with Crippen molar-refractivity contribution in [2.45, 2.75) is 18.9 Å². The Morgan fingerprint density at radius 1 is 1.24 bits per heavy atom. The number of carbonyl (C=O) groups is 2. The Balaban J connectivity index is 2.18. The Labute approximate surface area is 99.0 Å². The highest BCUT2D eigenvalue weighted by molar-refractivity contribution is 6.23. The normalized spacial score (nSPS) is 15.4. The molecule has 1 saturated carbocycles. The molecular formula is C13H13NO3. The zero-order chi connectivity index (χ0) is 12.3. The van der Waals surface area contributed by atoms with Crippen molar-refractivity contribution in [2.24, 2.45) is 0 Å². The highest BCUT2D eigenvalue weighted by atomic mass is 16.4. The van der Waals surface area contributed by atoms with Crippen LogP contribution in [0.15, 0.2) is 42.1 Å². The van der Waals surface area contributed by atoms with E-state index >= 15 is 0 Å². The van der Waals surface area contributed by atoms with Crippen LogP contribution in [0.5, 0.6) is 0 Å². The van der Waals surface area contributed by atoms with Crippen molar-refractivity contribution in [1.29, 1.82) is 0 Å². The largest absolute Gasteiger partial charge is 0.477 e. The summed E-state index contributed by atoms with van der Waals surface area (Å²) in [5.41, 5.74) is 0.168. The molecule has 1 aliphatic carbocycles. The van der Waals surface area contributed by atoms with Crippen LogP contribution >= 0.6 is 0 Å². The molecule has 1 aliphatic rings. The van der Waals surface area contributed by atoms with Crippen LogP contribution in [-0.4, -0.2) is 22.9 Å². The zero-order valence-corrected chi connectivity index (χ0v) is 9.22.